The fourth-order valence-electron chi connectivity index (χ4n) is 4.45. The van der Waals surface area contributed by atoms with Gasteiger partial charge < -0.3 is 19.9 Å². The Bertz CT molecular complexity index is 1190. The number of aromatic nitrogens is 1. The Morgan fingerprint density at radius 1 is 1.18 bits per heavy atom. The first kappa shape index (κ1) is 22.0. The Labute approximate surface area is 197 Å². The van der Waals surface area contributed by atoms with Crippen LogP contribution < -0.4 is 10.1 Å². The van der Waals surface area contributed by atoms with E-state index in [1.165, 1.54) is 0 Å². The number of nitrogens with zero attached hydrogens (tertiary/aromatic N) is 1. The van der Waals surface area contributed by atoms with Crippen LogP contribution in [0.5, 0.6) is 5.75 Å². The highest BCUT2D eigenvalue weighted by atomic mass is 35.5. The minimum atomic E-state index is -0.968. The van der Waals surface area contributed by atoms with E-state index in [0.29, 0.717) is 16.6 Å². The average molecular weight is 467 g/mol. The minimum Gasteiger partial charge on any atom is -0.488 e. The molecule has 1 aliphatic carbocycles. The maximum Gasteiger partial charge on any atom is 0.337 e. The summed E-state index contributed by atoms with van der Waals surface area (Å²) in [5, 5.41) is 14.5. The summed E-state index contributed by atoms with van der Waals surface area (Å²) in [6, 6.07) is 12.6. The molecule has 1 aliphatic heterocycles. The van der Waals surface area contributed by atoms with Gasteiger partial charge in [0.2, 0.25) is 0 Å². The summed E-state index contributed by atoms with van der Waals surface area (Å²) >= 11 is 6.49. The van der Waals surface area contributed by atoms with E-state index in [1.807, 2.05) is 25.1 Å². The van der Waals surface area contributed by atoms with Gasteiger partial charge in [-0.1, -0.05) is 23.7 Å². The fraction of sp³-hybridized carbons (Fsp3) is 0.385. The highest BCUT2D eigenvalue weighted by Gasteiger charge is 2.31. The zero-order valence-electron chi connectivity index (χ0n) is 18.5. The first-order valence-corrected chi connectivity index (χ1v) is 11.8. The quantitative estimate of drug-likeness (QED) is 0.431. The first-order chi connectivity index (χ1) is 16.0. The Morgan fingerprint density at radius 2 is 1.94 bits per heavy atom. The predicted octanol–water partition coefficient (Wildman–Crippen LogP) is 6.19. The zero-order chi connectivity index (χ0) is 22.9. The van der Waals surface area contributed by atoms with Crippen LogP contribution in [0.3, 0.4) is 0 Å². The number of aromatic carboxylic acids is 1. The molecule has 0 spiro atoms. The van der Waals surface area contributed by atoms with Crippen molar-refractivity contribution in [3.8, 4) is 5.75 Å². The molecule has 2 aliphatic rings. The monoisotopic (exact) mass is 466 g/mol. The van der Waals surface area contributed by atoms with Gasteiger partial charge in [-0.25, -0.2) is 9.78 Å². The van der Waals surface area contributed by atoms with Crippen LogP contribution in [0.4, 0.5) is 5.69 Å². The lowest BCUT2D eigenvalue weighted by Gasteiger charge is -2.25. The van der Waals surface area contributed by atoms with Gasteiger partial charge >= 0.3 is 5.97 Å². The van der Waals surface area contributed by atoms with Crippen LogP contribution in [0, 0.1) is 0 Å². The van der Waals surface area contributed by atoms with Crippen molar-refractivity contribution >= 4 is 34.2 Å². The molecule has 2 heterocycles. The molecule has 6 nitrogen and oxygen atoms in total. The second-order valence-corrected chi connectivity index (χ2v) is 9.29. The number of benzene rings is 2. The first-order valence-electron chi connectivity index (χ1n) is 11.5. The molecule has 1 saturated heterocycles. The molecule has 5 rings (SSSR count). The number of anilines is 1. The van der Waals surface area contributed by atoms with Crippen LogP contribution in [0.25, 0.3) is 10.9 Å². The second kappa shape index (κ2) is 9.20. The van der Waals surface area contributed by atoms with E-state index < -0.39 is 5.97 Å². The molecule has 2 fully saturated rings. The number of halogens is 1. The molecule has 33 heavy (non-hydrogen) atoms. The number of fused-ring (bicyclic) bond motifs is 1. The molecule has 2 aromatic carbocycles. The van der Waals surface area contributed by atoms with E-state index in [0.717, 1.165) is 66.8 Å². The summed E-state index contributed by atoms with van der Waals surface area (Å²) in [7, 11) is 0. The number of hydrogen-bond acceptors (Lipinski definition) is 5. The summed E-state index contributed by atoms with van der Waals surface area (Å²) < 4.78 is 11.9. The fourth-order valence-corrected chi connectivity index (χ4v) is 4.67. The van der Waals surface area contributed by atoms with Gasteiger partial charge in [0, 0.05) is 40.9 Å². The number of rotatable bonds is 7. The normalized spacial score (nSPS) is 17.6. The molecule has 1 unspecified atom stereocenters. The van der Waals surface area contributed by atoms with E-state index in [2.05, 4.69) is 11.4 Å². The van der Waals surface area contributed by atoms with Crippen molar-refractivity contribution in [2.24, 2.45) is 0 Å². The summed E-state index contributed by atoms with van der Waals surface area (Å²) in [6.45, 7) is 3.43. The van der Waals surface area contributed by atoms with Crippen molar-refractivity contribution in [1.29, 1.82) is 0 Å². The van der Waals surface area contributed by atoms with Crippen molar-refractivity contribution in [3.05, 3.63) is 64.3 Å². The topological polar surface area (TPSA) is 80.7 Å². The molecule has 2 N–H and O–H groups in total. The molecule has 1 saturated carbocycles. The lowest BCUT2D eigenvalue weighted by Crippen LogP contribution is -2.26. The van der Waals surface area contributed by atoms with Gasteiger partial charge in [-0.2, -0.15) is 0 Å². The number of carboxylic acid groups (broad SMARTS) is 1. The molecule has 0 amide bonds. The van der Waals surface area contributed by atoms with E-state index in [1.54, 1.807) is 18.2 Å². The highest BCUT2D eigenvalue weighted by Crippen LogP contribution is 2.45. The van der Waals surface area contributed by atoms with E-state index >= 15 is 0 Å². The molecule has 3 aromatic rings. The lowest BCUT2D eigenvalue weighted by atomic mass is 10.00. The Morgan fingerprint density at radius 3 is 2.67 bits per heavy atom. The van der Waals surface area contributed by atoms with Gasteiger partial charge in [-0.3, -0.25) is 0 Å². The largest absolute Gasteiger partial charge is 0.488 e. The van der Waals surface area contributed by atoms with Gasteiger partial charge in [-0.15, -0.1) is 0 Å². The Kier molecular flexibility index (Phi) is 6.13. The summed E-state index contributed by atoms with van der Waals surface area (Å²) in [5.41, 5.74) is 3.59. The summed E-state index contributed by atoms with van der Waals surface area (Å²) in [5.74, 6) is 0.312. The number of ether oxygens (including phenoxy) is 2. The summed E-state index contributed by atoms with van der Waals surface area (Å²) in [6.07, 6.45) is 4.13. The van der Waals surface area contributed by atoms with Crippen molar-refractivity contribution in [2.75, 3.05) is 18.5 Å². The van der Waals surface area contributed by atoms with Gasteiger partial charge in [0.15, 0.2) is 0 Å². The van der Waals surface area contributed by atoms with Crippen LogP contribution in [0.1, 0.15) is 66.2 Å². The van der Waals surface area contributed by atoms with Crippen LogP contribution in [0.2, 0.25) is 5.02 Å². The molecule has 1 atom stereocenters. The van der Waals surface area contributed by atoms with Crippen LogP contribution in [-0.4, -0.2) is 35.4 Å². The average Bonchev–Trinajstić information content (AvgIpc) is 3.64. The standard InChI is InChI=1S/C26H27ClN2O4/c1-15(28-22-5-3-2-4-19(22)26(30)31)20-12-17(27)13-23-21(20)14-24(25(29-23)16-6-7-16)33-18-8-10-32-11-9-18/h2-5,12-16,18,28H,6-11H2,1H3,(H,30,31). The van der Waals surface area contributed by atoms with Crippen LogP contribution >= 0.6 is 11.6 Å². The van der Waals surface area contributed by atoms with E-state index in [9.17, 15) is 9.90 Å². The third-order valence-corrected chi connectivity index (χ3v) is 6.56. The molecular formula is C26H27ClN2O4. The van der Waals surface area contributed by atoms with E-state index in [4.69, 9.17) is 26.1 Å². The smallest absolute Gasteiger partial charge is 0.337 e. The minimum absolute atomic E-state index is 0.129. The molecule has 1 aromatic heterocycles. The third-order valence-electron chi connectivity index (χ3n) is 6.35. The van der Waals surface area contributed by atoms with Crippen molar-refractivity contribution < 1.29 is 19.4 Å². The van der Waals surface area contributed by atoms with Crippen LogP contribution in [0.15, 0.2) is 42.5 Å². The molecule has 0 radical (unpaired) electrons. The van der Waals surface area contributed by atoms with Crippen molar-refractivity contribution in [3.63, 3.8) is 0 Å². The number of carboxylic acids is 1. The molecular weight excluding hydrogens is 440 g/mol. The van der Waals surface area contributed by atoms with Gasteiger partial charge in [-0.05, 0) is 55.7 Å². The molecule has 0 bridgehead atoms. The SMILES string of the molecule is CC(Nc1ccccc1C(=O)O)c1cc(Cl)cc2nc(C3CC3)c(OC3CCOCC3)cc12. The Hall–Kier alpha value is -2.83. The van der Waals surface area contributed by atoms with Gasteiger partial charge in [0.1, 0.15) is 11.9 Å². The van der Waals surface area contributed by atoms with E-state index in [-0.39, 0.29) is 17.7 Å². The predicted molar refractivity (Wildman–Crippen MR) is 129 cm³/mol. The van der Waals surface area contributed by atoms with Gasteiger partial charge in [0.25, 0.3) is 0 Å². The summed E-state index contributed by atoms with van der Waals surface area (Å²) in [4.78, 5) is 16.6. The maximum atomic E-state index is 11.7. The van der Waals surface area contributed by atoms with Crippen molar-refractivity contribution in [2.45, 2.75) is 50.7 Å². The number of hydrogen-bond donors (Lipinski definition) is 2. The zero-order valence-corrected chi connectivity index (χ0v) is 19.3. The van der Waals surface area contributed by atoms with Crippen LogP contribution in [-0.2, 0) is 4.74 Å². The third kappa shape index (κ3) is 4.77. The van der Waals surface area contributed by atoms with Crippen molar-refractivity contribution in [1.82, 2.24) is 4.98 Å². The van der Waals surface area contributed by atoms with Gasteiger partial charge in [0.05, 0.1) is 30.0 Å². The Balaban J connectivity index is 1.54. The number of nitrogens with one attached hydrogen (secondary N) is 1. The second-order valence-electron chi connectivity index (χ2n) is 8.85. The highest BCUT2D eigenvalue weighted by molar-refractivity contribution is 6.31. The number of pyridine rings is 1. The molecule has 7 heteroatoms. The number of carbonyl (C=O) groups is 1. The maximum absolute atomic E-state index is 11.7. The molecule has 172 valence electrons. The number of para-hydroxylation sites is 1. The lowest BCUT2D eigenvalue weighted by molar-refractivity contribution is 0.0251.